The van der Waals surface area contributed by atoms with Crippen molar-refractivity contribution in [2.24, 2.45) is 0 Å². The molecule has 2 aromatic carbocycles. The van der Waals surface area contributed by atoms with Gasteiger partial charge in [0.05, 0.1) is 31.1 Å². The van der Waals surface area contributed by atoms with Crippen LogP contribution in [0.2, 0.25) is 0 Å². The van der Waals surface area contributed by atoms with Crippen molar-refractivity contribution in [3.63, 3.8) is 0 Å². The van der Waals surface area contributed by atoms with Gasteiger partial charge in [-0.3, -0.25) is 14.4 Å². The lowest BCUT2D eigenvalue weighted by atomic mass is 9.89. The number of carbonyl (C=O) groups excluding carboxylic acids is 3. The third kappa shape index (κ3) is 8.06. The first-order valence-corrected chi connectivity index (χ1v) is 11.4. The van der Waals surface area contributed by atoms with Crippen molar-refractivity contribution in [3.8, 4) is 11.5 Å². The van der Waals surface area contributed by atoms with Crippen LogP contribution in [0, 0.1) is 5.82 Å². The number of nitrogens with one attached hydrogen (secondary N) is 1. The summed E-state index contributed by atoms with van der Waals surface area (Å²) in [6.07, 6.45) is 0.141. The summed E-state index contributed by atoms with van der Waals surface area (Å²) in [5, 5.41) is 2.66. The SMILES string of the molecule is CC(C)(C)OC(=O)CCOCCNC(=O)COc1ccc2c(c1)OCC(c1ccc(F)cc1)C2=O. The molecule has 2 aromatic rings. The molecule has 0 bridgehead atoms. The number of ketones is 1. The van der Waals surface area contributed by atoms with Gasteiger partial charge in [-0.2, -0.15) is 0 Å². The molecule has 0 saturated heterocycles. The second-order valence-corrected chi connectivity index (χ2v) is 9.02. The zero-order valence-corrected chi connectivity index (χ0v) is 20.1. The molecule has 35 heavy (non-hydrogen) atoms. The van der Waals surface area contributed by atoms with Crippen LogP contribution in [-0.4, -0.2) is 56.2 Å². The van der Waals surface area contributed by atoms with E-state index in [0.29, 0.717) is 22.6 Å². The maximum Gasteiger partial charge on any atom is 0.308 e. The smallest absolute Gasteiger partial charge is 0.308 e. The molecule has 1 aliphatic heterocycles. The highest BCUT2D eigenvalue weighted by Crippen LogP contribution is 2.35. The summed E-state index contributed by atoms with van der Waals surface area (Å²) in [6, 6.07) is 10.6. The molecule has 188 valence electrons. The number of hydrogen-bond donors (Lipinski definition) is 1. The highest BCUT2D eigenvalue weighted by atomic mass is 19.1. The zero-order valence-electron chi connectivity index (χ0n) is 20.1. The number of fused-ring (bicyclic) bond motifs is 1. The van der Waals surface area contributed by atoms with E-state index in [1.54, 1.807) is 51.1 Å². The summed E-state index contributed by atoms with van der Waals surface area (Å²) in [5.74, 6) is -0.899. The van der Waals surface area contributed by atoms with Gasteiger partial charge >= 0.3 is 5.97 Å². The van der Waals surface area contributed by atoms with Crippen LogP contribution in [0.15, 0.2) is 42.5 Å². The molecule has 0 radical (unpaired) electrons. The van der Waals surface area contributed by atoms with E-state index in [9.17, 15) is 18.8 Å². The fourth-order valence-corrected chi connectivity index (χ4v) is 3.41. The van der Waals surface area contributed by atoms with Crippen molar-refractivity contribution < 1.29 is 37.7 Å². The largest absolute Gasteiger partial charge is 0.492 e. The van der Waals surface area contributed by atoms with Gasteiger partial charge in [0, 0.05) is 12.6 Å². The zero-order chi connectivity index (χ0) is 25.4. The van der Waals surface area contributed by atoms with Crippen molar-refractivity contribution >= 4 is 17.7 Å². The Hall–Kier alpha value is -3.46. The van der Waals surface area contributed by atoms with E-state index in [4.69, 9.17) is 18.9 Å². The molecule has 9 heteroatoms. The number of benzene rings is 2. The van der Waals surface area contributed by atoms with Gasteiger partial charge in [-0.15, -0.1) is 0 Å². The molecule has 0 aliphatic carbocycles. The van der Waals surface area contributed by atoms with Crippen LogP contribution in [0.5, 0.6) is 11.5 Å². The monoisotopic (exact) mass is 487 g/mol. The lowest BCUT2D eigenvalue weighted by Gasteiger charge is -2.24. The first-order chi connectivity index (χ1) is 16.6. The highest BCUT2D eigenvalue weighted by molar-refractivity contribution is 6.04. The average molecular weight is 488 g/mol. The van der Waals surface area contributed by atoms with Gasteiger partial charge in [-0.25, -0.2) is 4.39 Å². The van der Waals surface area contributed by atoms with E-state index < -0.39 is 11.5 Å². The van der Waals surface area contributed by atoms with Crippen LogP contribution >= 0.6 is 0 Å². The Morgan fingerprint density at radius 3 is 2.57 bits per heavy atom. The number of carbonyl (C=O) groups is 3. The predicted octanol–water partition coefficient (Wildman–Crippen LogP) is 3.43. The minimum atomic E-state index is -0.531. The molecule has 1 atom stereocenters. The molecule has 1 heterocycles. The number of ether oxygens (including phenoxy) is 4. The van der Waals surface area contributed by atoms with E-state index >= 15 is 0 Å². The van der Waals surface area contributed by atoms with Gasteiger partial charge in [0.15, 0.2) is 12.4 Å². The van der Waals surface area contributed by atoms with E-state index in [1.165, 1.54) is 12.1 Å². The maximum absolute atomic E-state index is 13.2. The van der Waals surface area contributed by atoms with Gasteiger partial charge < -0.3 is 24.3 Å². The highest BCUT2D eigenvalue weighted by Gasteiger charge is 2.30. The van der Waals surface area contributed by atoms with Crippen LogP contribution < -0.4 is 14.8 Å². The summed E-state index contributed by atoms with van der Waals surface area (Å²) in [5.41, 5.74) is 0.566. The molecule has 1 N–H and O–H groups in total. The Morgan fingerprint density at radius 1 is 1.11 bits per heavy atom. The van der Waals surface area contributed by atoms with Crippen LogP contribution in [0.4, 0.5) is 4.39 Å². The summed E-state index contributed by atoms with van der Waals surface area (Å²) in [7, 11) is 0. The van der Waals surface area contributed by atoms with Crippen LogP contribution in [0.3, 0.4) is 0 Å². The molecule has 0 aromatic heterocycles. The Labute approximate surface area is 203 Å². The molecule has 1 aliphatic rings. The molecule has 3 rings (SSSR count). The normalized spacial score (nSPS) is 15.1. The third-order valence-electron chi connectivity index (χ3n) is 5.02. The molecule has 0 spiro atoms. The molecule has 8 nitrogen and oxygen atoms in total. The molecule has 1 unspecified atom stereocenters. The van der Waals surface area contributed by atoms with Crippen LogP contribution in [-0.2, 0) is 19.1 Å². The van der Waals surface area contributed by atoms with Gasteiger partial charge in [0.2, 0.25) is 0 Å². The lowest BCUT2D eigenvalue weighted by molar-refractivity contribution is -0.156. The Morgan fingerprint density at radius 2 is 1.86 bits per heavy atom. The second-order valence-electron chi connectivity index (χ2n) is 9.02. The van der Waals surface area contributed by atoms with Crippen LogP contribution in [0.25, 0.3) is 0 Å². The quantitative estimate of drug-likeness (QED) is 0.405. The van der Waals surface area contributed by atoms with Crippen molar-refractivity contribution in [1.82, 2.24) is 5.32 Å². The van der Waals surface area contributed by atoms with E-state index in [2.05, 4.69) is 5.32 Å². The summed E-state index contributed by atoms with van der Waals surface area (Å²) in [6.45, 7) is 6.03. The Balaban J connectivity index is 1.38. The van der Waals surface area contributed by atoms with Gasteiger partial charge in [-0.1, -0.05) is 12.1 Å². The number of rotatable bonds is 10. The second kappa shape index (κ2) is 11.8. The molecule has 0 fully saturated rings. The predicted molar refractivity (Wildman–Crippen MR) is 125 cm³/mol. The molecular formula is C26H30FNO7. The van der Waals surface area contributed by atoms with E-state index in [0.717, 1.165) is 0 Å². The van der Waals surface area contributed by atoms with Crippen molar-refractivity contribution in [2.45, 2.75) is 38.7 Å². The maximum atomic E-state index is 13.2. The van der Waals surface area contributed by atoms with Gasteiger partial charge in [-0.05, 0) is 50.6 Å². The summed E-state index contributed by atoms with van der Waals surface area (Å²) in [4.78, 5) is 36.4. The van der Waals surface area contributed by atoms with Crippen LogP contribution in [0.1, 0.15) is 49.0 Å². The fraction of sp³-hybridized carbons (Fsp3) is 0.423. The van der Waals surface area contributed by atoms with Crippen molar-refractivity contribution in [2.75, 3.05) is 33.0 Å². The topological polar surface area (TPSA) is 100 Å². The first-order valence-electron chi connectivity index (χ1n) is 11.4. The number of hydrogen-bond acceptors (Lipinski definition) is 7. The minimum Gasteiger partial charge on any atom is -0.492 e. The number of Topliss-reactive ketones (excluding diaryl/α,β-unsaturated/α-hetero) is 1. The van der Waals surface area contributed by atoms with E-state index in [1.807, 2.05) is 0 Å². The molecular weight excluding hydrogens is 457 g/mol. The summed E-state index contributed by atoms with van der Waals surface area (Å²) >= 11 is 0. The first kappa shape index (κ1) is 26.2. The molecule has 0 saturated carbocycles. The molecule has 1 amide bonds. The van der Waals surface area contributed by atoms with Crippen molar-refractivity contribution in [1.29, 1.82) is 0 Å². The fourth-order valence-electron chi connectivity index (χ4n) is 3.41. The minimum absolute atomic E-state index is 0.117. The Kier molecular flexibility index (Phi) is 8.81. The number of halogens is 1. The standard InChI is InChI=1S/C26H30FNO7/c1-26(2,3)35-24(30)10-12-32-13-11-28-23(29)16-33-19-8-9-20-22(14-19)34-15-21(25(20)31)17-4-6-18(27)7-5-17/h4-9,14,21H,10-13,15-16H2,1-3H3,(H,28,29). The third-order valence-corrected chi connectivity index (χ3v) is 5.02. The van der Waals surface area contributed by atoms with Crippen molar-refractivity contribution in [3.05, 3.63) is 59.4 Å². The average Bonchev–Trinajstić information content (AvgIpc) is 2.80. The summed E-state index contributed by atoms with van der Waals surface area (Å²) < 4.78 is 34.9. The Bertz CT molecular complexity index is 1050. The van der Waals surface area contributed by atoms with E-state index in [-0.39, 0.29) is 62.9 Å². The van der Waals surface area contributed by atoms with Gasteiger partial charge in [0.1, 0.15) is 29.5 Å². The number of amides is 1. The van der Waals surface area contributed by atoms with Gasteiger partial charge in [0.25, 0.3) is 5.91 Å². The number of esters is 1. The lowest BCUT2D eigenvalue weighted by Crippen LogP contribution is -2.32.